The molecule has 2 saturated carbocycles. The molecule has 3 N–H and O–H groups in total. The SMILES string of the molecule is CC[C@H](N)C(=O)NC1CC2CC2C1. The lowest BCUT2D eigenvalue weighted by molar-refractivity contribution is -0.123. The molecule has 0 spiro atoms. The van der Waals surface area contributed by atoms with Gasteiger partial charge in [-0.3, -0.25) is 4.79 Å². The van der Waals surface area contributed by atoms with Crippen LogP contribution in [0, 0.1) is 11.8 Å². The Morgan fingerprint density at radius 3 is 2.62 bits per heavy atom. The normalized spacial score (nSPS) is 38.2. The van der Waals surface area contributed by atoms with Crippen LogP contribution in [0.5, 0.6) is 0 Å². The molecule has 0 aliphatic heterocycles. The van der Waals surface area contributed by atoms with E-state index < -0.39 is 0 Å². The van der Waals surface area contributed by atoms with E-state index in [-0.39, 0.29) is 11.9 Å². The van der Waals surface area contributed by atoms with Gasteiger partial charge in [0.2, 0.25) is 5.91 Å². The third kappa shape index (κ3) is 1.85. The van der Waals surface area contributed by atoms with Gasteiger partial charge in [0.15, 0.2) is 0 Å². The highest BCUT2D eigenvalue weighted by molar-refractivity contribution is 5.81. The van der Waals surface area contributed by atoms with Crippen LogP contribution >= 0.6 is 0 Å². The van der Waals surface area contributed by atoms with Gasteiger partial charge < -0.3 is 11.1 Å². The van der Waals surface area contributed by atoms with E-state index in [0.29, 0.717) is 6.04 Å². The number of nitrogens with one attached hydrogen (secondary N) is 1. The lowest BCUT2D eigenvalue weighted by Gasteiger charge is -2.16. The monoisotopic (exact) mass is 182 g/mol. The van der Waals surface area contributed by atoms with Crippen molar-refractivity contribution in [2.45, 2.75) is 44.7 Å². The highest BCUT2D eigenvalue weighted by atomic mass is 16.2. The number of rotatable bonds is 3. The summed E-state index contributed by atoms with van der Waals surface area (Å²) in [5.74, 6) is 1.88. The Kier molecular flexibility index (Phi) is 2.28. The first-order valence-corrected chi connectivity index (χ1v) is 5.26. The molecule has 0 aromatic carbocycles. The minimum Gasteiger partial charge on any atom is -0.352 e. The number of carbonyl (C=O) groups excluding carboxylic acids is 1. The van der Waals surface area contributed by atoms with Crippen molar-refractivity contribution in [3.63, 3.8) is 0 Å². The molecule has 0 radical (unpaired) electrons. The Bertz CT molecular complexity index is 207. The topological polar surface area (TPSA) is 55.1 Å². The minimum absolute atomic E-state index is 0.0359. The van der Waals surface area contributed by atoms with Crippen molar-refractivity contribution in [2.24, 2.45) is 17.6 Å². The fourth-order valence-corrected chi connectivity index (χ4v) is 2.33. The summed E-state index contributed by atoms with van der Waals surface area (Å²) in [5, 5.41) is 3.03. The smallest absolute Gasteiger partial charge is 0.237 e. The maximum absolute atomic E-state index is 11.4. The van der Waals surface area contributed by atoms with Crippen LogP contribution in [0.4, 0.5) is 0 Å². The molecule has 3 atom stereocenters. The van der Waals surface area contributed by atoms with Crippen LogP contribution in [-0.4, -0.2) is 18.0 Å². The Hall–Kier alpha value is -0.570. The maximum atomic E-state index is 11.4. The second-order valence-electron chi connectivity index (χ2n) is 4.45. The van der Waals surface area contributed by atoms with E-state index in [0.717, 1.165) is 18.3 Å². The summed E-state index contributed by atoms with van der Waals surface area (Å²) >= 11 is 0. The van der Waals surface area contributed by atoms with E-state index >= 15 is 0 Å². The molecule has 2 fully saturated rings. The molecule has 1 amide bonds. The number of fused-ring (bicyclic) bond motifs is 1. The zero-order valence-corrected chi connectivity index (χ0v) is 8.12. The summed E-state index contributed by atoms with van der Waals surface area (Å²) in [5.41, 5.74) is 5.63. The molecule has 2 unspecified atom stereocenters. The molecule has 2 rings (SSSR count). The summed E-state index contributed by atoms with van der Waals surface area (Å²) in [6.07, 6.45) is 4.50. The molecule has 3 heteroatoms. The Balaban J connectivity index is 1.75. The third-order valence-electron chi connectivity index (χ3n) is 3.37. The first-order valence-electron chi connectivity index (χ1n) is 5.26. The Morgan fingerprint density at radius 1 is 1.46 bits per heavy atom. The van der Waals surface area contributed by atoms with Gasteiger partial charge in [-0.1, -0.05) is 6.92 Å². The van der Waals surface area contributed by atoms with Crippen LogP contribution in [0.2, 0.25) is 0 Å². The molecule has 2 aliphatic carbocycles. The fourth-order valence-electron chi connectivity index (χ4n) is 2.33. The molecule has 0 saturated heterocycles. The first kappa shape index (κ1) is 9.00. The van der Waals surface area contributed by atoms with Gasteiger partial charge in [0.05, 0.1) is 6.04 Å². The predicted octanol–water partition coefficient (Wildman–Crippen LogP) is 0.638. The number of hydrogen-bond acceptors (Lipinski definition) is 2. The molecule has 0 aromatic heterocycles. The number of carbonyl (C=O) groups is 1. The van der Waals surface area contributed by atoms with Crippen molar-refractivity contribution in [1.29, 1.82) is 0 Å². The lowest BCUT2D eigenvalue weighted by Crippen LogP contribution is -2.44. The predicted molar refractivity (Wildman–Crippen MR) is 51.0 cm³/mol. The average Bonchev–Trinajstić information content (AvgIpc) is 2.73. The van der Waals surface area contributed by atoms with Crippen molar-refractivity contribution in [3.8, 4) is 0 Å². The maximum Gasteiger partial charge on any atom is 0.237 e. The largest absolute Gasteiger partial charge is 0.352 e. The van der Waals surface area contributed by atoms with Crippen LogP contribution in [-0.2, 0) is 4.79 Å². The molecule has 2 aliphatic rings. The van der Waals surface area contributed by atoms with Gasteiger partial charge in [-0.2, -0.15) is 0 Å². The molecule has 3 nitrogen and oxygen atoms in total. The van der Waals surface area contributed by atoms with E-state index in [1.54, 1.807) is 0 Å². The molecule has 0 bridgehead atoms. The van der Waals surface area contributed by atoms with Gasteiger partial charge in [-0.15, -0.1) is 0 Å². The summed E-state index contributed by atoms with van der Waals surface area (Å²) in [7, 11) is 0. The number of amides is 1. The van der Waals surface area contributed by atoms with Gasteiger partial charge in [0.1, 0.15) is 0 Å². The van der Waals surface area contributed by atoms with E-state index in [4.69, 9.17) is 5.73 Å². The highest BCUT2D eigenvalue weighted by Gasteiger charge is 2.46. The summed E-state index contributed by atoms with van der Waals surface area (Å²) in [6.45, 7) is 1.94. The van der Waals surface area contributed by atoms with Crippen LogP contribution in [0.15, 0.2) is 0 Å². The molecular formula is C10H18N2O. The fraction of sp³-hybridized carbons (Fsp3) is 0.900. The van der Waals surface area contributed by atoms with E-state index in [2.05, 4.69) is 5.32 Å². The van der Waals surface area contributed by atoms with Crippen LogP contribution in [0.25, 0.3) is 0 Å². The molecular weight excluding hydrogens is 164 g/mol. The standard InChI is InChI=1S/C10H18N2O/c1-2-9(11)10(13)12-8-4-6-3-7(6)5-8/h6-9H,2-5,11H2,1H3,(H,12,13)/t6?,7?,8?,9-/m0/s1. The van der Waals surface area contributed by atoms with Crippen LogP contribution in [0.3, 0.4) is 0 Å². The van der Waals surface area contributed by atoms with E-state index in [1.807, 2.05) is 6.92 Å². The summed E-state index contributed by atoms with van der Waals surface area (Å²) in [6, 6.07) is 0.116. The average molecular weight is 182 g/mol. The van der Waals surface area contributed by atoms with Crippen molar-refractivity contribution in [2.75, 3.05) is 0 Å². The van der Waals surface area contributed by atoms with E-state index in [1.165, 1.54) is 19.3 Å². The van der Waals surface area contributed by atoms with Gasteiger partial charge >= 0.3 is 0 Å². The third-order valence-corrected chi connectivity index (χ3v) is 3.37. The molecule has 0 aromatic rings. The molecule has 13 heavy (non-hydrogen) atoms. The number of nitrogens with two attached hydrogens (primary N) is 1. The summed E-state index contributed by atoms with van der Waals surface area (Å²) in [4.78, 5) is 11.4. The number of hydrogen-bond donors (Lipinski definition) is 2. The van der Waals surface area contributed by atoms with Crippen molar-refractivity contribution < 1.29 is 4.79 Å². The zero-order valence-electron chi connectivity index (χ0n) is 8.12. The van der Waals surface area contributed by atoms with Gasteiger partial charge in [0.25, 0.3) is 0 Å². The quantitative estimate of drug-likeness (QED) is 0.673. The first-order chi connectivity index (χ1) is 6.20. The van der Waals surface area contributed by atoms with Gasteiger partial charge in [-0.05, 0) is 37.5 Å². The van der Waals surface area contributed by atoms with Crippen LogP contribution in [0.1, 0.15) is 32.6 Å². The Labute approximate surface area is 79.1 Å². The van der Waals surface area contributed by atoms with Crippen molar-refractivity contribution in [1.82, 2.24) is 5.32 Å². The Morgan fingerprint density at radius 2 is 2.08 bits per heavy atom. The second-order valence-corrected chi connectivity index (χ2v) is 4.45. The van der Waals surface area contributed by atoms with Gasteiger partial charge in [0, 0.05) is 6.04 Å². The molecule has 74 valence electrons. The van der Waals surface area contributed by atoms with Gasteiger partial charge in [-0.25, -0.2) is 0 Å². The zero-order chi connectivity index (χ0) is 9.42. The lowest BCUT2D eigenvalue weighted by atomic mass is 10.1. The summed E-state index contributed by atoms with van der Waals surface area (Å²) < 4.78 is 0. The van der Waals surface area contributed by atoms with E-state index in [9.17, 15) is 4.79 Å². The van der Waals surface area contributed by atoms with Crippen molar-refractivity contribution >= 4 is 5.91 Å². The highest BCUT2D eigenvalue weighted by Crippen LogP contribution is 2.51. The van der Waals surface area contributed by atoms with Crippen LogP contribution < -0.4 is 11.1 Å². The molecule has 0 heterocycles. The van der Waals surface area contributed by atoms with Crippen molar-refractivity contribution in [3.05, 3.63) is 0 Å². The minimum atomic E-state index is -0.308. The second kappa shape index (κ2) is 3.29.